The summed E-state index contributed by atoms with van der Waals surface area (Å²) in [6.45, 7) is 3.94. The maximum Gasteiger partial charge on any atom is 0.245 e. The summed E-state index contributed by atoms with van der Waals surface area (Å²) in [4.78, 5) is 92.4. The highest BCUT2D eigenvalue weighted by molar-refractivity contribution is 7.98. The van der Waals surface area contributed by atoms with E-state index in [4.69, 9.17) is 5.73 Å². The van der Waals surface area contributed by atoms with Gasteiger partial charge in [-0.3, -0.25) is 28.8 Å². The first-order valence-electron chi connectivity index (χ1n) is 22.4. The van der Waals surface area contributed by atoms with Gasteiger partial charge in [-0.05, 0) is 83.7 Å². The largest absolute Gasteiger partial charge is 0.361 e. The second-order valence-electron chi connectivity index (χ2n) is 17.1. The standard InChI is InChI=1S/C50H62N8O6S/c1-31(2)44-49(63)54-40(24-26-65-4)50(64)58(3)43(27-32-15-6-5-7-16-32)48(62)56-41(28-34-19-14-18-33-17-8-9-20-36(33)34)47(61)55-42(29-35-30-52-38-22-11-10-21-37(35)38)46(60)53-39(45(59)57-44)23-12-13-25-51/h5-11,14-22,30-31,39-44,52H,12-13,23-29,51H2,1-4H3,(H,53,60)(H,54,63)(H,55,61)(H,56,62)(H,57,59)/t39-,40-,41-,42+,43-,44-/m0/s1. The van der Waals surface area contributed by atoms with Crippen molar-refractivity contribution in [3.05, 3.63) is 120 Å². The Labute approximate surface area is 385 Å². The highest BCUT2D eigenvalue weighted by Gasteiger charge is 2.38. The molecule has 344 valence electrons. The van der Waals surface area contributed by atoms with Gasteiger partial charge in [-0.25, -0.2) is 0 Å². The van der Waals surface area contributed by atoms with Crippen LogP contribution in [-0.2, 0) is 48.0 Å². The van der Waals surface area contributed by atoms with Crippen LogP contribution in [-0.4, -0.2) is 107 Å². The molecule has 6 amide bonds. The zero-order valence-corrected chi connectivity index (χ0v) is 38.4. The lowest BCUT2D eigenvalue weighted by molar-refractivity contribution is -0.143. The number of unbranched alkanes of at least 4 members (excludes halogenated alkanes) is 1. The Morgan fingerprint density at radius 1 is 0.600 bits per heavy atom. The second-order valence-corrected chi connectivity index (χ2v) is 18.1. The van der Waals surface area contributed by atoms with E-state index < -0.39 is 77.6 Å². The van der Waals surface area contributed by atoms with Gasteiger partial charge in [0.2, 0.25) is 35.4 Å². The van der Waals surface area contributed by atoms with E-state index in [-0.39, 0.29) is 32.1 Å². The molecular formula is C50H62N8O6S. The summed E-state index contributed by atoms with van der Waals surface area (Å²) in [6.07, 6.45) is 5.39. The summed E-state index contributed by atoms with van der Waals surface area (Å²) in [5, 5.41) is 17.4. The number of aromatic amines is 1. The third-order valence-electron chi connectivity index (χ3n) is 12.1. The number of rotatable bonds is 14. The molecule has 5 aromatic rings. The van der Waals surface area contributed by atoms with Crippen molar-refractivity contribution in [3.63, 3.8) is 0 Å². The number of H-pyrrole nitrogens is 1. The first kappa shape index (κ1) is 48.3. The predicted octanol–water partition coefficient (Wildman–Crippen LogP) is 4.15. The Balaban J connectivity index is 1.47. The van der Waals surface area contributed by atoms with E-state index in [2.05, 4.69) is 31.6 Å². The predicted molar refractivity (Wildman–Crippen MR) is 257 cm³/mol. The Hall–Kier alpha value is -6.19. The average Bonchev–Trinajstić information content (AvgIpc) is 3.72. The number of aromatic nitrogens is 1. The molecule has 1 aromatic heterocycles. The van der Waals surface area contributed by atoms with Gasteiger partial charge < -0.3 is 42.2 Å². The van der Waals surface area contributed by atoms with Crippen LogP contribution in [0.3, 0.4) is 0 Å². The Morgan fingerprint density at radius 3 is 1.91 bits per heavy atom. The number of fused-ring (bicyclic) bond motifs is 2. The lowest BCUT2D eigenvalue weighted by Crippen LogP contribution is -2.62. The van der Waals surface area contributed by atoms with Crippen molar-refractivity contribution < 1.29 is 28.8 Å². The van der Waals surface area contributed by atoms with Crippen molar-refractivity contribution in [1.29, 1.82) is 0 Å². The van der Waals surface area contributed by atoms with Gasteiger partial charge in [0.15, 0.2) is 0 Å². The minimum Gasteiger partial charge on any atom is -0.361 e. The monoisotopic (exact) mass is 902 g/mol. The van der Waals surface area contributed by atoms with Crippen LogP contribution in [0.25, 0.3) is 21.7 Å². The Bertz CT molecular complexity index is 2440. The molecule has 14 nitrogen and oxygen atoms in total. The molecule has 1 saturated heterocycles. The molecule has 0 aliphatic carbocycles. The van der Waals surface area contributed by atoms with Crippen molar-refractivity contribution in [1.82, 2.24) is 36.5 Å². The van der Waals surface area contributed by atoms with E-state index >= 15 is 0 Å². The van der Waals surface area contributed by atoms with Crippen LogP contribution in [0.15, 0.2) is 103 Å². The molecule has 65 heavy (non-hydrogen) atoms. The number of carbonyl (C=O) groups excluding carboxylic acids is 6. The SMILES string of the molecule is CSCC[C@@H]1NC(=O)[C@H](C(C)C)NC(=O)[C@H](CCCCN)NC(=O)[C@@H](Cc2c[nH]c3ccccc23)NC(=O)[C@H](Cc2cccc3ccccc23)NC(=O)[C@H](Cc2ccccc2)N(C)C1=O. The molecule has 8 N–H and O–H groups in total. The zero-order chi connectivity index (χ0) is 46.5. The van der Waals surface area contributed by atoms with Crippen LogP contribution >= 0.6 is 11.8 Å². The average molecular weight is 903 g/mol. The molecule has 6 atom stereocenters. The molecular weight excluding hydrogens is 841 g/mol. The van der Waals surface area contributed by atoms with Gasteiger partial charge in [0.25, 0.3) is 0 Å². The summed E-state index contributed by atoms with van der Waals surface area (Å²) in [7, 11) is 1.53. The number of thioether (sulfide) groups is 1. The molecule has 0 radical (unpaired) electrons. The van der Waals surface area contributed by atoms with Crippen LogP contribution in [0.4, 0.5) is 0 Å². The van der Waals surface area contributed by atoms with E-state index in [9.17, 15) is 28.8 Å². The lowest BCUT2D eigenvalue weighted by Gasteiger charge is -2.34. The number of amides is 6. The number of nitrogens with zero attached hydrogens (tertiary/aromatic N) is 1. The number of likely N-dealkylation sites (N-methyl/N-ethyl adjacent to an activating group) is 1. The van der Waals surface area contributed by atoms with Gasteiger partial charge in [-0.15, -0.1) is 0 Å². The normalized spacial score (nSPS) is 21.9. The number of nitrogens with two attached hydrogens (primary N) is 1. The minimum absolute atomic E-state index is 0.0377. The third-order valence-corrected chi connectivity index (χ3v) is 12.8. The number of hydrogen-bond donors (Lipinski definition) is 7. The molecule has 15 heteroatoms. The maximum atomic E-state index is 15.0. The van der Waals surface area contributed by atoms with Crippen LogP contribution in [0, 0.1) is 5.92 Å². The summed E-state index contributed by atoms with van der Waals surface area (Å²) < 4.78 is 0. The molecule has 0 spiro atoms. The van der Waals surface area contributed by atoms with Crippen molar-refractivity contribution in [3.8, 4) is 0 Å². The van der Waals surface area contributed by atoms with Crippen LogP contribution < -0.4 is 32.3 Å². The molecule has 2 heterocycles. The Kier molecular flexibility index (Phi) is 17.2. The van der Waals surface area contributed by atoms with Gasteiger partial charge in [0, 0.05) is 43.4 Å². The molecule has 0 bridgehead atoms. The van der Waals surface area contributed by atoms with E-state index in [0.717, 1.165) is 38.4 Å². The fourth-order valence-electron chi connectivity index (χ4n) is 8.39. The Morgan fingerprint density at radius 2 is 1.20 bits per heavy atom. The first-order valence-corrected chi connectivity index (χ1v) is 23.8. The summed E-state index contributed by atoms with van der Waals surface area (Å²) in [5.74, 6) is -3.40. The fraction of sp³-hybridized carbons (Fsp3) is 0.400. The van der Waals surface area contributed by atoms with Gasteiger partial charge in [-0.2, -0.15) is 11.8 Å². The summed E-state index contributed by atoms with van der Waals surface area (Å²) >= 11 is 1.50. The van der Waals surface area contributed by atoms with E-state index in [1.165, 1.54) is 23.7 Å². The number of para-hydroxylation sites is 1. The lowest BCUT2D eigenvalue weighted by atomic mass is 9.96. The van der Waals surface area contributed by atoms with Crippen LogP contribution in [0.1, 0.15) is 56.2 Å². The van der Waals surface area contributed by atoms with Gasteiger partial charge >= 0.3 is 0 Å². The minimum atomic E-state index is -1.23. The first-order chi connectivity index (χ1) is 31.4. The number of carbonyl (C=O) groups is 6. The van der Waals surface area contributed by atoms with Crippen molar-refractivity contribution in [2.45, 2.75) is 95.0 Å². The van der Waals surface area contributed by atoms with Gasteiger partial charge in [0.1, 0.15) is 36.3 Å². The topological polar surface area (TPSA) is 208 Å². The molecule has 0 unspecified atom stereocenters. The zero-order valence-electron chi connectivity index (χ0n) is 37.6. The van der Waals surface area contributed by atoms with Gasteiger partial charge in [0.05, 0.1) is 0 Å². The highest BCUT2D eigenvalue weighted by atomic mass is 32.2. The summed E-state index contributed by atoms with van der Waals surface area (Å²) in [5.41, 5.74) is 8.98. The van der Waals surface area contributed by atoms with Crippen LogP contribution in [0.2, 0.25) is 0 Å². The molecule has 1 fully saturated rings. The molecule has 0 saturated carbocycles. The summed E-state index contributed by atoms with van der Waals surface area (Å²) in [6, 6.07) is 23.6. The molecule has 1 aliphatic rings. The fourth-order valence-corrected chi connectivity index (χ4v) is 8.86. The van der Waals surface area contributed by atoms with Crippen LogP contribution in [0.5, 0.6) is 0 Å². The second kappa shape index (κ2) is 23.1. The van der Waals surface area contributed by atoms with E-state index in [1.54, 1.807) is 20.0 Å². The van der Waals surface area contributed by atoms with Crippen molar-refractivity contribution in [2.75, 3.05) is 25.6 Å². The van der Waals surface area contributed by atoms with E-state index in [0.29, 0.717) is 25.1 Å². The number of hydrogen-bond acceptors (Lipinski definition) is 8. The molecule has 6 rings (SSSR count). The van der Waals surface area contributed by atoms with Crippen molar-refractivity contribution >= 4 is 68.9 Å². The quantitative estimate of drug-likeness (QED) is 0.0805. The van der Waals surface area contributed by atoms with Gasteiger partial charge in [-0.1, -0.05) is 105 Å². The highest BCUT2D eigenvalue weighted by Crippen LogP contribution is 2.23. The maximum absolute atomic E-state index is 15.0. The van der Waals surface area contributed by atoms with E-state index in [1.807, 2.05) is 103 Å². The van der Waals surface area contributed by atoms with Crippen molar-refractivity contribution in [2.24, 2.45) is 11.7 Å². The number of benzene rings is 4. The molecule has 1 aliphatic heterocycles. The third kappa shape index (κ3) is 12.5. The molecule has 4 aromatic carbocycles. The number of nitrogens with one attached hydrogen (secondary N) is 6. The smallest absolute Gasteiger partial charge is 0.245 e.